The topological polar surface area (TPSA) is 12.4 Å². The van der Waals surface area contributed by atoms with Gasteiger partial charge in [0.05, 0.1) is 22.9 Å². The summed E-state index contributed by atoms with van der Waals surface area (Å²) in [5.41, 5.74) is -0.580. The van der Waals surface area contributed by atoms with Crippen LogP contribution in [0.3, 0.4) is 0 Å². The minimum Gasteiger partial charge on any atom is -0.280 e. The Morgan fingerprint density at radius 2 is 1.43 bits per heavy atom. The molecule has 1 nitrogen and oxygen atoms in total. The van der Waals surface area contributed by atoms with Crippen LogP contribution in [0.4, 0.5) is 26.3 Å². The van der Waals surface area contributed by atoms with E-state index in [1.807, 2.05) is 17.5 Å². The lowest BCUT2D eigenvalue weighted by atomic mass is 9.96. The summed E-state index contributed by atoms with van der Waals surface area (Å²) in [6.07, 6.45) is -8.09. The minimum atomic E-state index is -4.87. The molecule has 1 unspecified atom stereocenters. The van der Waals surface area contributed by atoms with Crippen LogP contribution in [0.5, 0.6) is 0 Å². The van der Waals surface area contributed by atoms with Gasteiger partial charge in [-0.25, -0.2) is 0 Å². The van der Waals surface area contributed by atoms with Crippen molar-refractivity contribution in [3.63, 3.8) is 0 Å². The third-order valence-electron chi connectivity index (χ3n) is 4.99. The number of aliphatic imine (C=N–C) groups is 1. The molecule has 0 saturated carbocycles. The van der Waals surface area contributed by atoms with Gasteiger partial charge >= 0.3 is 12.4 Å². The second kappa shape index (κ2) is 7.58. The highest BCUT2D eigenvalue weighted by molar-refractivity contribution is 7.12. The van der Waals surface area contributed by atoms with E-state index in [4.69, 9.17) is 4.99 Å². The lowest BCUT2D eigenvalue weighted by molar-refractivity contribution is -0.143. The minimum absolute atomic E-state index is 0.0663. The van der Waals surface area contributed by atoms with E-state index in [2.05, 4.69) is 0 Å². The Labute approximate surface area is 172 Å². The highest BCUT2D eigenvalue weighted by atomic mass is 32.1. The van der Waals surface area contributed by atoms with Crippen molar-refractivity contribution in [1.29, 1.82) is 0 Å². The van der Waals surface area contributed by atoms with Crippen molar-refractivity contribution < 1.29 is 26.3 Å². The fraction of sp³-hybridized carbons (Fsp3) is 0.227. The van der Waals surface area contributed by atoms with Gasteiger partial charge in [0.2, 0.25) is 0 Å². The Balaban J connectivity index is 1.65. The van der Waals surface area contributed by atoms with Gasteiger partial charge in [-0.3, -0.25) is 4.99 Å². The molecule has 30 heavy (non-hydrogen) atoms. The van der Waals surface area contributed by atoms with Crippen LogP contribution in [0.25, 0.3) is 11.1 Å². The van der Waals surface area contributed by atoms with E-state index >= 15 is 0 Å². The molecule has 1 aliphatic rings. The van der Waals surface area contributed by atoms with Gasteiger partial charge in [-0.15, -0.1) is 11.3 Å². The predicted molar refractivity (Wildman–Crippen MR) is 105 cm³/mol. The summed E-state index contributed by atoms with van der Waals surface area (Å²) in [6.45, 7) is 0. The summed E-state index contributed by atoms with van der Waals surface area (Å²) < 4.78 is 78.6. The third kappa shape index (κ3) is 4.28. The molecule has 0 saturated heterocycles. The van der Waals surface area contributed by atoms with E-state index in [-0.39, 0.29) is 23.2 Å². The highest BCUT2D eigenvalue weighted by Gasteiger charge is 2.37. The van der Waals surface area contributed by atoms with Crippen LogP contribution in [0.15, 0.2) is 65.0 Å². The number of thiophene rings is 1. The van der Waals surface area contributed by atoms with Gasteiger partial charge in [-0.05, 0) is 59.2 Å². The maximum atomic E-state index is 13.1. The third-order valence-corrected chi connectivity index (χ3v) is 5.91. The average Bonchev–Trinajstić information content (AvgIpc) is 3.38. The first-order valence-electron chi connectivity index (χ1n) is 9.11. The number of hydrogen-bond acceptors (Lipinski definition) is 2. The zero-order valence-electron chi connectivity index (χ0n) is 15.4. The average molecular weight is 439 g/mol. The Morgan fingerprint density at radius 1 is 0.800 bits per heavy atom. The fourth-order valence-corrected chi connectivity index (χ4v) is 4.23. The second-order valence-electron chi connectivity index (χ2n) is 7.02. The standard InChI is InChI=1S/C22H15F6NS/c23-21(24,25)16-10-15(11-17(12-16)22(26,27)28)13-3-5-14(6-4-13)18-7-8-19(29-18)20-2-1-9-30-20/h1-6,9-12,18H,7-8H2. The molecule has 156 valence electrons. The van der Waals surface area contributed by atoms with Crippen molar-refractivity contribution in [2.45, 2.75) is 31.2 Å². The second-order valence-corrected chi connectivity index (χ2v) is 7.97. The van der Waals surface area contributed by atoms with E-state index in [0.29, 0.717) is 0 Å². The molecule has 4 rings (SSSR count). The van der Waals surface area contributed by atoms with Crippen molar-refractivity contribution in [1.82, 2.24) is 0 Å². The van der Waals surface area contributed by atoms with Crippen molar-refractivity contribution in [3.8, 4) is 11.1 Å². The molecule has 2 heterocycles. The number of halogens is 6. The number of rotatable bonds is 3. The van der Waals surface area contributed by atoms with Crippen molar-refractivity contribution in [2.75, 3.05) is 0 Å². The zero-order valence-corrected chi connectivity index (χ0v) is 16.2. The summed E-state index contributed by atoms with van der Waals surface area (Å²) in [5, 5.41) is 1.98. The summed E-state index contributed by atoms with van der Waals surface area (Å²) in [7, 11) is 0. The first-order valence-corrected chi connectivity index (χ1v) is 9.99. The molecular formula is C22H15F6NS. The first kappa shape index (κ1) is 20.7. The first-order chi connectivity index (χ1) is 14.1. The van der Waals surface area contributed by atoms with Crippen LogP contribution in [0.1, 0.15) is 40.5 Å². The number of alkyl halides is 6. The molecular weight excluding hydrogens is 424 g/mol. The molecule has 1 atom stereocenters. The van der Waals surface area contributed by atoms with Gasteiger partial charge in [0, 0.05) is 4.88 Å². The van der Waals surface area contributed by atoms with Crippen LogP contribution < -0.4 is 0 Å². The molecule has 1 aliphatic heterocycles. The van der Waals surface area contributed by atoms with Gasteiger partial charge in [0.25, 0.3) is 0 Å². The molecule has 0 spiro atoms. The molecule has 0 bridgehead atoms. The van der Waals surface area contributed by atoms with Crippen LogP contribution in [-0.2, 0) is 12.4 Å². The normalized spacial score (nSPS) is 17.3. The molecule has 1 aromatic heterocycles. The Kier molecular flexibility index (Phi) is 5.22. The van der Waals surface area contributed by atoms with E-state index in [1.165, 1.54) is 0 Å². The number of hydrogen-bond donors (Lipinski definition) is 0. The van der Waals surface area contributed by atoms with Gasteiger partial charge in [-0.2, -0.15) is 26.3 Å². The Morgan fingerprint density at radius 3 is 1.97 bits per heavy atom. The van der Waals surface area contributed by atoms with Crippen LogP contribution >= 0.6 is 11.3 Å². The molecule has 0 radical (unpaired) electrons. The lowest BCUT2D eigenvalue weighted by Crippen LogP contribution is -2.11. The van der Waals surface area contributed by atoms with Crippen molar-refractivity contribution in [2.24, 2.45) is 4.99 Å². The van der Waals surface area contributed by atoms with Gasteiger partial charge in [-0.1, -0.05) is 30.3 Å². The maximum absolute atomic E-state index is 13.1. The van der Waals surface area contributed by atoms with Crippen molar-refractivity contribution in [3.05, 3.63) is 81.5 Å². The molecule has 3 aromatic rings. The SMILES string of the molecule is FC(F)(F)c1cc(-c2ccc(C3CCC(c4cccs4)=N3)cc2)cc(C(F)(F)F)c1. The Bertz CT molecular complexity index is 1030. The largest absolute Gasteiger partial charge is 0.416 e. The zero-order chi connectivity index (χ0) is 21.5. The van der Waals surface area contributed by atoms with E-state index in [1.54, 1.807) is 35.6 Å². The maximum Gasteiger partial charge on any atom is 0.416 e. The summed E-state index contributed by atoms with van der Waals surface area (Å²) in [6, 6.07) is 12.0. The predicted octanol–water partition coefficient (Wildman–Crippen LogP) is 7.78. The monoisotopic (exact) mass is 439 g/mol. The molecule has 0 aliphatic carbocycles. The molecule has 0 N–H and O–H groups in total. The van der Waals surface area contributed by atoms with E-state index in [0.717, 1.165) is 41.1 Å². The lowest BCUT2D eigenvalue weighted by Gasteiger charge is -2.15. The van der Waals surface area contributed by atoms with Gasteiger partial charge < -0.3 is 0 Å². The quantitative estimate of drug-likeness (QED) is 0.370. The molecule has 2 aromatic carbocycles. The number of nitrogens with zero attached hydrogens (tertiary/aromatic N) is 1. The summed E-state index contributed by atoms with van der Waals surface area (Å²) in [4.78, 5) is 5.83. The highest BCUT2D eigenvalue weighted by Crippen LogP contribution is 2.39. The van der Waals surface area contributed by atoms with E-state index < -0.39 is 23.5 Å². The van der Waals surface area contributed by atoms with Gasteiger partial charge in [0.1, 0.15) is 0 Å². The van der Waals surface area contributed by atoms with Crippen LogP contribution in [0, 0.1) is 0 Å². The molecule has 0 fully saturated rings. The molecule has 8 heteroatoms. The van der Waals surface area contributed by atoms with E-state index in [9.17, 15) is 26.3 Å². The summed E-state index contributed by atoms with van der Waals surface area (Å²) in [5.74, 6) is 0. The Hall–Kier alpha value is -2.61. The van der Waals surface area contributed by atoms with Gasteiger partial charge in [0.15, 0.2) is 0 Å². The molecule has 0 amide bonds. The fourth-order valence-electron chi connectivity index (χ4n) is 3.48. The number of benzene rings is 2. The van der Waals surface area contributed by atoms with Crippen LogP contribution in [-0.4, -0.2) is 5.71 Å². The smallest absolute Gasteiger partial charge is 0.280 e. The van der Waals surface area contributed by atoms with Crippen LogP contribution in [0.2, 0.25) is 0 Å². The van der Waals surface area contributed by atoms with Crippen molar-refractivity contribution >= 4 is 17.0 Å². The summed E-state index contributed by atoms with van der Waals surface area (Å²) >= 11 is 1.61.